The van der Waals surface area contributed by atoms with Crippen molar-refractivity contribution in [2.24, 2.45) is 0 Å². The van der Waals surface area contributed by atoms with E-state index in [0.717, 1.165) is 34.7 Å². The lowest BCUT2D eigenvalue weighted by molar-refractivity contribution is 0.0600. The maximum atomic E-state index is 12.8. The van der Waals surface area contributed by atoms with Crippen LogP contribution in [0.5, 0.6) is 5.75 Å². The van der Waals surface area contributed by atoms with Crippen molar-refractivity contribution in [3.63, 3.8) is 0 Å². The van der Waals surface area contributed by atoms with Gasteiger partial charge in [-0.1, -0.05) is 54.6 Å². The smallest absolute Gasteiger partial charge is 0.337 e. The van der Waals surface area contributed by atoms with Crippen LogP contribution in [0.25, 0.3) is 6.08 Å². The lowest BCUT2D eigenvalue weighted by atomic mass is 9.98. The Bertz CT molecular complexity index is 1430. The van der Waals surface area contributed by atoms with Gasteiger partial charge in [0.05, 0.1) is 17.9 Å². The van der Waals surface area contributed by atoms with Crippen molar-refractivity contribution in [3.05, 3.63) is 106 Å². The first-order chi connectivity index (χ1) is 18.9. The number of fused-ring (bicyclic) bond motifs is 2. The number of rotatable bonds is 8. The van der Waals surface area contributed by atoms with Gasteiger partial charge in [0.1, 0.15) is 12.4 Å². The quantitative estimate of drug-likeness (QED) is 0.364. The number of thioether (sulfide) groups is 1. The molecule has 0 spiro atoms. The number of esters is 1. The third kappa shape index (κ3) is 6.55. The summed E-state index contributed by atoms with van der Waals surface area (Å²) in [4.78, 5) is 14.6. The molecule has 2 aliphatic rings. The first-order valence-corrected chi connectivity index (χ1v) is 15.5. The molecule has 1 saturated heterocycles. The molecule has 0 aliphatic carbocycles. The molecule has 1 fully saturated rings. The van der Waals surface area contributed by atoms with E-state index in [-0.39, 0.29) is 11.2 Å². The fourth-order valence-corrected chi connectivity index (χ4v) is 7.42. The molecule has 0 aromatic heterocycles. The van der Waals surface area contributed by atoms with E-state index in [9.17, 15) is 13.2 Å². The Morgan fingerprint density at radius 2 is 1.74 bits per heavy atom. The Morgan fingerprint density at radius 1 is 1.00 bits per heavy atom. The van der Waals surface area contributed by atoms with Gasteiger partial charge >= 0.3 is 5.97 Å². The van der Waals surface area contributed by atoms with E-state index in [0.29, 0.717) is 38.3 Å². The van der Waals surface area contributed by atoms with Crippen molar-refractivity contribution >= 4 is 33.8 Å². The number of hydrogen-bond acceptors (Lipinski definition) is 7. The molecular weight excluding hydrogens is 532 g/mol. The Morgan fingerprint density at radius 3 is 2.51 bits per heavy atom. The molecule has 5 rings (SSSR count). The molecule has 2 heterocycles. The van der Waals surface area contributed by atoms with Crippen LogP contribution in [0.4, 0.5) is 0 Å². The Hall–Kier alpha value is -3.11. The first kappa shape index (κ1) is 27.5. The van der Waals surface area contributed by atoms with Gasteiger partial charge in [-0.2, -0.15) is 4.31 Å². The fourth-order valence-electron chi connectivity index (χ4n) is 4.88. The summed E-state index contributed by atoms with van der Waals surface area (Å²) in [7, 11) is -2.07. The summed E-state index contributed by atoms with van der Waals surface area (Å²) in [6.07, 6.45) is 1.65. The monoisotopic (exact) mass is 564 g/mol. The number of ether oxygens (including phenoxy) is 2. The number of nitrogens with zero attached hydrogens (tertiary/aromatic N) is 2. The van der Waals surface area contributed by atoms with Gasteiger partial charge < -0.3 is 9.47 Å². The van der Waals surface area contributed by atoms with Gasteiger partial charge in [-0.15, -0.1) is 11.8 Å². The molecule has 39 heavy (non-hydrogen) atoms. The largest absolute Gasteiger partial charge is 0.489 e. The summed E-state index contributed by atoms with van der Waals surface area (Å²) < 4.78 is 38.3. The summed E-state index contributed by atoms with van der Waals surface area (Å²) in [6, 6.07) is 23.2. The summed E-state index contributed by atoms with van der Waals surface area (Å²) >= 11 is 1.81. The minimum absolute atomic E-state index is 0.00750. The van der Waals surface area contributed by atoms with Crippen LogP contribution < -0.4 is 4.74 Å². The maximum Gasteiger partial charge on any atom is 0.337 e. The molecule has 0 bridgehead atoms. The van der Waals surface area contributed by atoms with Crippen LogP contribution in [0, 0.1) is 0 Å². The van der Waals surface area contributed by atoms with Crippen LogP contribution in [0.2, 0.25) is 0 Å². The molecule has 3 aromatic carbocycles. The summed E-state index contributed by atoms with van der Waals surface area (Å²) in [5, 5.41) is 1.31. The van der Waals surface area contributed by atoms with E-state index in [2.05, 4.69) is 17.0 Å². The topological polar surface area (TPSA) is 76.2 Å². The zero-order valence-electron chi connectivity index (χ0n) is 21.9. The molecule has 0 radical (unpaired) electrons. The van der Waals surface area contributed by atoms with Crippen LogP contribution in [-0.4, -0.2) is 69.2 Å². The highest BCUT2D eigenvalue weighted by atomic mass is 32.2. The van der Waals surface area contributed by atoms with Gasteiger partial charge in [-0.25, -0.2) is 13.2 Å². The van der Waals surface area contributed by atoms with E-state index in [4.69, 9.17) is 9.47 Å². The van der Waals surface area contributed by atoms with Gasteiger partial charge in [0.2, 0.25) is 10.0 Å². The molecule has 1 unspecified atom stereocenters. The average Bonchev–Trinajstić information content (AvgIpc) is 3.13. The Labute approximate surface area is 234 Å². The summed E-state index contributed by atoms with van der Waals surface area (Å²) in [6.45, 7) is 3.63. The predicted octanol–water partition coefficient (Wildman–Crippen LogP) is 4.81. The molecule has 0 amide bonds. The highest BCUT2D eigenvalue weighted by molar-refractivity contribution is 7.99. The average molecular weight is 565 g/mol. The standard InChI is InChI=1S/C30H32N2O5S2/c1-36-30(33)24-11-12-28-27(21-24)29(26-10-6-5-9-25(26)22-37-28)38-19-18-31-14-16-32(17-15-31)39(34,35)20-13-23-7-3-2-4-8-23/h2-13,20-21,29H,14-19,22H2,1H3. The Kier molecular flexibility index (Phi) is 8.72. The molecule has 1 atom stereocenters. The van der Waals surface area contributed by atoms with Crippen molar-refractivity contribution in [2.45, 2.75) is 11.9 Å². The molecule has 0 saturated carbocycles. The van der Waals surface area contributed by atoms with E-state index in [1.807, 2.05) is 66.4 Å². The number of carbonyl (C=O) groups excluding carboxylic acids is 1. The van der Waals surface area contributed by atoms with Crippen molar-refractivity contribution in [1.29, 1.82) is 0 Å². The molecule has 3 aromatic rings. The highest BCUT2D eigenvalue weighted by Crippen LogP contribution is 2.44. The van der Waals surface area contributed by atoms with E-state index < -0.39 is 10.0 Å². The number of hydrogen-bond donors (Lipinski definition) is 0. The van der Waals surface area contributed by atoms with Gasteiger partial charge in [-0.3, -0.25) is 4.90 Å². The number of sulfonamides is 1. The summed E-state index contributed by atoms with van der Waals surface area (Å²) in [5.41, 5.74) is 4.65. The Balaban J connectivity index is 1.22. The van der Waals surface area contributed by atoms with Crippen LogP contribution >= 0.6 is 11.8 Å². The van der Waals surface area contributed by atoms with Crippen molar-refractivity contribution in [3.8, 4) is 5.75 Å². The van der Waals surface area contributed by atoms with Crippen LogP contribution in [-0.2, 0) is 21.4 Å². The van der Waals surface area contributed by atoms with Crippen molar-refractivity contribution in [1.82, 2.24) is 9.21 Å². The molecular formula is C30H32N2O5S2. The normalized spacial score (nSPS) is 18.1. The third-order valence-electron chi connectivity index (χ3n) is 7.05. The van der Waals surface area contributed by atoms with Crippen LogP contribution in [0.15, 0.2) is 78.2 Å². The second kappa shape index (κ2) is 12.4. The van der Waals surface area contributed by atoms with Gasteiger partial charge in [-0.05, 0) is 41.0 Å². The summed E-state index contributed by atoms with van der Waals surface area (Å²) in [5.74, 6) is 1.26. The molecule has 0 N–H and O–H groups in total. The minimum Gasteiger partial charge on any atom is -0.489 e. The zero-order chi connectivity index (χ0) is 27.2. The second-order valence-electron chi connectivity index (χ2n) is 9.48. The van der Waals surface area contributed by atoms with E-state index >= 15 is 0 Å². The van der Waals surface area contributed by atoms with E-state index in [1.54, 1.807) is 16.4 Å². The SMILES string of the molecule is COC(=O)c1ccc2c(c1)C(SCCN1CCN(S(=O)(=O)C=Cc3ccccc3)CC1)c1ccccc1CO2. The van der Waals surface area contributed by atoms with Crippen molar-refractivity contribution in [2.75, 3.05) is 45.6 Å². The molecule has 204 valence electrons. The van der Waals surface area contributed by atoms with Gasteiger partial charge in [0, 0.05) is 49.4 Å². The number of methoxy groups -OCH3 is 1. The number of carbonyl (C=O) groups is 1. The maximum absolute atomic E-state index is 12.8. The third-order valence-corrected chi connectivity index (χ3v) is 9.87. The lowest BCUT2D eigenvalue weighted by Gasteiger charge is -2.33. The fraction of sp³-hybridized carbons (Fsp3) is 0.300. The molecule has 2 aliphatic heterocycles. The van der Waals surface area contributed by atoms with Crippen molar-refractivity contribution < 1.29 is 22.7 Å². The highest BCUT2D eigenvalue weighted by Gasteiger charge is 2.28. The molecule has 7 nitrogen and oxygen atoms in total. The van der Waals surface area contributed by atoms with Crippen LogP contribution in [0.3, 0.4) is 0 Å². The van der Waals surface area contributed by atoms with Gasteiger partial charge in [0.15, 0.2) is 0 Å². The number of benzene rings is 3. The number of piperazine rings is 1. The predicted molar refractivity (Wildman–Crippen MR) is 155 cm³/mol. The van der Waals surface area contributed by atoms with Gasteiger partial charge in [0.25, 0.3) is 0 Å². The first-order valence-electron chi connectivity index (χ1n) is 12.9. The van der Waals surface area contributed by atoms with E-state index in [1.165, 1.54) is 18.1 Å². The zero-order valence-corrected chi connectivity index (χ0v) is 23.5. The minimum atomic E-state index is -3.46. The molecule has 9 heteroatoms. The van der Waals surface area contributed by atoms with Crippen LogP contribution in [0.1, 0.15) is 37.9 Å². The lowest BCUT2D eigenvalue weighted by Crippen LogP contribution is -2.48. The second-order valence-corrected chi connectivity index (χ2v) is 12.5.